The first kappa shape index (κ1) is 22.3. The summed E-state index contributed by atoms with van der Waals surface area (Å²) in [5, 5.41) is 3.57. The van der Waals surface area contributed by atoms with Crippen LogP contribution < -0.4 is 15.8 Å². The number of piperidine rings is 1. The molecule has 0 atom stereocenters. The molecular formula is C24H29N3O4S. The molecule has 0 unspecified atom stereocenters. The predicted octanol–water partition coefficient (Wildman–Crippen LogP) is 3.37. The second-order valence-electron chi connectivity index (χ2n) is 8.38. The first-order valence-electron chi connectivity index (χ1n) is 11.2. The molecular weight excluding hydrogens is 426 g/mol. The Morgan fingerprint density at radius 2 is 1.78 bits per heavy atom. The van der Waals surface area contributed by atoms with Crippen molar-refractivity contribution in [1.82, 2.24) is 4.90 Å². The van der Waals surface area contributed by atoms with Crippen LogP contribution in [0.1, 0.15) is 52.9 Å². The van der Waals surface area contributed by atoms with Crippen LogP contribution in [0, 0.1) is 5.92 Å². The van der Waals surface area contributed by atoms with Crippen LogP contribution in [-0.2, 0) is 22.4 Å². The van der Waals surface area contributed by atoms with E-state index in [1.165, 1.54) is 16.2 Å². The molecule has 2 aliphatic rings. The van der Waals surface area contributed by atoms with Crippen molar-refractivity contribution >= 4 is 34.1 Å². The Hall–Kier alpha value is -2.87. The molecule has 32 heavy (non-hydrogen) atoms. The fourth-order valence-corrected chi connectivity index (χ4v) is 5.75. The molecule has 0 radical (unpaired) electrons. The van der Waals surface area contributed by atoms with Gasteiger partial charge in [0.1, 0.15) is 10.8 Å². The van der Waals surface area contributed by atoms with Crippen molar-refractivity contribution in [2.24, 2.45) is 11.7 Å². The maximum absolute atomic E-state index is 12.9. The molecule has 2 heterocycles. The fraction of sp³-hybridized carbons (Fsp3) is 0.458. The molecule has 8 heteroatoms. The van der Waals surface area contributed by atoms with E-state index in [-0.39, 0.29) is 24.3 Å². The zero-order valence-electron chi connectivity index (χ0n) is 18.1. The van der Waals surface area contributed by atoms with Crippen molar-refractivity contribution in [2.45, 2.75) is 44.9 Å². The van der Waals surface area contributed by atoms with Crippen LogP contribution in [0.25, 0.3) is 0 Å². The van der Waals surface area contributed by atoms with Gasteiger partial charge in [0.05, 0.1) is 5.56 Å². The number of thiophene rings is 1. The normalized spacial score (nSPS) is 16.7. The van der Waals surface area contributed by atoms with E-state index in [0.717, 1.165) is 37.7 Å². The monoisotopic (exact) mass is 455 g/mol. The standard InChI is InChI=1S/C24H29N3O4S/c25-22(29)21-18-9-5-2-6-10-19(18)32-24(21)26-23(30)16-11-13-27(14-12-16)20(28)15-31-17-7-3-1-4-8-17/h1,3-4,7-8,16H,2,5-6,9-15H2,(H2,25,29)(H,26,30). The SMILES string of the molecule is NC(=O)c1c(NC(=O)C2CCN(C(=O)COc3ccccc3)CC2)sc2c1CCCCC2. The van der Waals surface area contributed by atoms with E-state index in [0.29, 0.717) is 42.2 Å². The molecule has 1 aromatic carbocycles. The Morgan fingerprint density at radius 3 is 2.50 bits per heavy atom. The molecule has 7 nitrogen and oxygen atoms in total. The minimum atomic E-state index is -0.474. The highest BCUT2D eigenvalue weighted by atomic mass is 32.1. The number of rotatable bonds is 6. The molecule has 170 valence electrons. The predicted molar refractivity (Wildman–Crippen MR) is 124 cm³/mol. The minimum absolute atomic E-state index is 0.0103. The van der Waals surface area contributed by atoms with E-state index < -0.39 is 5.91 Å². The maximum atomic E-state index is 12.9. The van der Waals surface area contributed by atoms with E-state index in [9.17, 15) is 14.4 Å². The van der Waals surface area contributed by atoms with Crippen molar-refractivity contribution in [3.63, 3.8) is 0 Å². The van der Waals surface area contributed by atoms with Gasteiger partial charge in [-0.05, 0) is 56.2 Å². The summed E-state index contributed by atoms with van der Waals surface area (Å²) < 4.78 is 5.55. The average Bonchev–Trinajstić information content (AvgIpc) is 2.98. The average molecular weight is 456 g/mol. The molecule has 3 amide bonds. The van der Waals surface area contributed by atoms with Gasteiger partial charge in [-0.2, -0.15) is 0 Å². The number of primary amides is 1. The zero-order chi connectivity index (χ0) is 22.5. The van der Waals surface area contributed by atoms with Gasteiger partial charge in [-0.15, -0.1) is 11.3 Å². The summed E-state index contributed by atoms with van der Waals surface area (Å²) in [5.74, 6) is -0.188. The summed E-state index contributed by atoms with van der Waals surface area (Å²) in [5.41, 5.74) is 7.18. The third-order valence-electron chi connectivity index (χ3n) is 6.23. The highest BCUT2D eigenvalue weighted by Crippen LogP contribution is 2.37. The number of likely N-dealkylation sites (tertiary alicyclic amines) is 1. The lowest BCUT2D eigenvalue weighted by molar-refractivity contribution is -0.136. The lowest BCUT2D eigenvalue weighted by Crippen LogP contribution is -2.43. The summed E-state index contributed by atoms with van der Waals surface area (Å²) in [6.45, 7) is 1.01. The van der Waals surface area contributed by atoms with Crippen molar-refractivity contribution < 1.29 is 19.1 Å². The van der Waals surface area contributed by atoms with E-state index in [1.807, 2.05) is 30.3 Å². The van der Waals surface area contributed by atoms with E-state index in [4.69, 9.17) is 10.5 Å². The van der Waals surface area contributed by atoms with Gasteiger partial charge < -0.3 is 20.7 Å². The summed E-state index contributed by atoms with van der Waals surface area (Å²) in [6.07, 6.45) is 6.22. The Balaban J connectivity index is 1.32. The molecule has 0 spiro atoms. The quantitative estimate of drug-likeness (QED) is 0.652. The fourth-order valence-electron chi connectivity index (χ4n) is 4.45. The van der Waals surface area contributed by atoms with Gasteiger partial charge >= 0.3 is 0 Å². The summed E-state index contributed by atoms with van der Waals surface area (Å²) in [6, 6.07) is 9.24. The van der Waals surface area contributed by atoms with Crippen LogP contribution in [0.3, 0.4) is 0 Å². The van der Waals surface area contributed by atoms with Crippen LogP contribution in [0.4, 0.5) is 5.00 Å². The lowest BCUT2D eigenvalue weighted by Gasteiger charge is -2.31. The van der Waals surface area contributed by atoms with Gasteiger partial charge in [-0.25, -0.2) is 0 Å². The number of ether oxygens (including phenoxy) is 1. The van der Waals surface area contributed by atoms with E-state index in [2.05, 4.69) is 5.32 Å². The molecule has 1 aromatic heterocycles. The molecule has 0 bridgehead atoms. The topological polar surface area (TPSA) is 102 Å². The Bertz CT molecular complexity index is 981. The maximum Gasteiger partial charge on any atom is 0.260 e. The molecule has 2 aromatic rings. The van der Waals surface area contributed by atoms with Crippen LogP contribution in [0.2, 0.25) is 0 Å². The number of amides is 3. The molecule has 1 fully saturated rings. The van der Waals surface area contributed by atoms with Gasteiger partial charge in [0, 0.05) is 23.9 Å². The van der Waals surface area contributed by atoms with Crippen LogP contribution in [-0.4, -0.2) is 42.3 Å². The zero-order valence-corrected chi connectivity index (χ0v) is 18.9. The second-order valence-corrected chi connectivity index (χ2v) is 9.48. The van der Waals surface area contributed by atoms with Crippen molar-refractivity contribution in [1.29, 1.82) is 0 Å². The number of nitrogens with two attached hydrogens (primary N) is 1. The van der Waals surface area contributed by atoms with E-state index >= 15 is 0 Å². The first-order valence-corrected chi connectivity index (χ1v) is 12.1. The van der Waals surface area contributed by atoms with Gasteiger partial charge in [0.2, 0.25) is 5.91 Å². The van der Waals surface area contributed by atoms with Gasteiger partial charge in [-0.1, -0.05) is 24.6 Å². The summed E-state index contributed by atoms with van der Waals surface area (Å²) in [4.78, 5) is 40.4. The van der Waals surface area contributed by atoms with Crippen molar-refractivity contribution in [3.8, 4) is 5.75 Å². The molecule has 0 saturated carbocycles. The number of benzene rings is 1. The number of carbonyl (C=O) groups excluding carboxylic acids is 3. The van der Waals surface area contributed by atoms with E-state index in [1.54, 1.807) is 4.90 Å². The van der Waals surface area contributed by atoms with Crippen LogP contribution in [0.5, 0.6) is 5.75 Å². The number of anilines is 1. The number of hydrogen-bond acceptors (Lipinski definition) is 5. The molecule has 4 rings (SSSR count). The Morgan fingerprint density at radius 1 is 1.06 bits per heavy atom. The van der Waals surface area contributed by atoms with Crippen LogP contribution >= 0.6 is 11.3 Å². The van der Waals surface area contributed by atoms with Crippen LogP contribution in [0.15, 0.2) is 30.3 Å². The molecule has 1 aliphatic heterocycles. The number of nitrogens with one attached hydrogen (secondary N) is 1. The third kappa shape index (κ3) is 5.12. The smallest absolute Gasteiger partial charge is 0.260 e. The van der Waals surface area contributed by atoms with Gasteiger partial charge in [0.25, 0.3) is 11.8 Å². The highest BCUT2D eigenvalue weighted by molar-refractivity contribution is 7.17. The number of hydrogen-bond donors (Lipinski definition) is 2. The Kier molecular flexibility index (Phi) is 7.09. The second kappa shape index (κ2) is 10.2. The number of fused-ring (bicyclic) bond motifs is 1. The number of nitrogens with zero attached hydrogens (tertiary/aromatic N) is 1. The summed E-state index contributed by atoms with van der Waals surface area (Å²) >= 11 is 1.49. The number of para-hydroxylation sites is 1. The molecule has 1 aliphatic carbocycles. The summed E-state index contributed by atoms with van der Waals surface area (Å²) in [7, 11) is 0. The largest absolute Gasteiger partial charge is 0.484 e. The lowest BCUT2D eigenvalue weighted by atomic mass is 9.95. The van der Waals surface area contributed by atoms with Gasteiger partial charge in [-0.3, -0.25) is 14.4 Å². The van der Waals surface area contributed by atoms with Gasteiger partial charge in [0.15, 0.2) is 6.61 Å². The first-order chi connectivity index (χ1) is 15.5. The van der Waals surface area contributed by atoms with Crippen molar-refractivity contribution in [3.05, 3.63) is 46.3 Å². The highest BCUT2D eigenvalue weighted by Gasteiger charge is 2.30. The molecule has 3 N–H and O–H groups in total. The Labute approximate surface area is 191 Å². The van der Waals surface area contributed by atoms with Crippen molar-refractivity contribution in [2.75, 3.05) is 25.0 Å². The third-order valence-corrected chi connectivity index (χ3v) is 7.44. The number of aryl methyl sites for hydroxylation is 1. The molecule has 1 saturated heterocycles. The number of carbonyl (C=O) groups is 3. The minimum Gasteiger partial charge on any atom is -0.484 e.